The van der Waals surface area contributed by atoms with Gasteiger partial charge in [-0.3, -0.25) is 9.48 Å². The first-order valence-corrected chi connectivity index (χ1v) is 6.68. The number of benzene rings is 1. The molecule has 0 saturated carbocycles. The van der Waals surface area contributed by atoms with Crippen LogP contribution in [-0.2, 0) is 29.7 Å². The second-order valence-electron chi connectivity index (χ2n) is 4.90. The van der Waals surface area contributed by atoms with Crippen LogP contribution in [0.1, 0.15) is 22.7 Å². The highest BCUT2D eigenvalue weighted by Gasteiger charge is 2.16. The van der Waals surface area contributed by atoms with Gasteiger partial charge >= 0.3 is 0 Å². The van der Waals surface area contributed by atoms with Gasteiger partial charge in [-0.05, 0) is 11.1 Å². The lowest BCUT2D eigenvalue weighted by molar-refractivity contribution is -0.122. The zero-order chi connectivity index (χ0) is 15.2. The third-order valence-corrected chi connectivity index (χ3v) is 3.14. The van der Waals surface area contributed by atoms with E-state index in [1.807, 2.05) is 24.3 Å². The summed E-state index contributed by atoms with van der Waals surface area (Å²) in [6, 6.07) is 7.17. The predicted octanol–water partition coefficient (Wildman–Crippen LogP) is 0.883. The largest absolute Gasteiger partial charge is 0.380 e. The molecule has 1 amide bonds. The van der Waals surface area contributed by atoms with Crippen LogP contribution in [0.15, 0.2) is 36.7 Å². The molecule has 112 valence electrons. The summed E-state index contributed by atoms with van der Waals surface area (Å²) in [5.74, 6) is -0.222. The van der Waals surface area contributed by atoms with Crippen molar-refractivity contribution < 1.29 is 9.53 Å². The van der Waals surface area contributed by atoms with Gasteiger partial charge in [0, 0.05) is 32.5 Å². The first kappa shape index (κ1) is 15.2. The van der Waals surface area contributed by atoms with Crippen LogP contribution in [0.2, 0.25) is 0 Å². The van der Waals surface area contributed by atoms with Gasteiger partial charge in [-0.2, -0.15) is 5.10 Å². The first-order valence-electron chi connectivity index (χ1n) is 6.68. The zero-order valence-electron chi connectivity index (χ0n) is 12.2. The smallest absolute Gasteiger partial charge is 0.241 e. The second kappa shape index (κ2) is 7.01. The Labute approximate surface area is 123 Å². The fourth-order valence-electron chi connectivity index (χ4n) is 2.05. The van der Waals surface area contributed by atoms with E-state index in [0.717, 1.165) is 11.1 Å². The summed E-state index contributed by atoms with van der Waals surface area (Å²) < 4.78 is 6.71. The summed E-state index contributed by atoms with van der Waals surface area (Å²) in [5, 5.41) is 6.85. The van der Waals surface area contributed by atoms with E-state index in [4.69, 9.17) is 10.5 Å². The minimum Gasteiger partial charge on any atom is -0.380 e. The maximum atomic E-state index is 12.0. The van der Waals surface area contributed by atoms with E-state index < -0.39 is 6.04 Å². The van der Waals surface area contributed by atoms with Gasteiger partial charge in [-0.15, -0.1) is 0 Å². The van der Waals surface area contributed by atoms with E-state index in [2.05, 4.69) is 10.4 Å². The molecule has 0 bridgehead atoms. The first-order chi connectivity index (χ1) is 10.1. The molecule has 0 spiro atoms. The molecule has 0 saturated heterocycles. The summed E-state index contributed by atoms with van der Waals surface area (Å²) >= 11 is 0. The molecular formula is C15H20N4O2. The molecule has 0 aliphatic heterocycles. The number of nitrogens with one attached hydrogen (secondary N) is 1. The Bertz CT molecular complexity index is 609. The molecule has 0 aliphatic carbocycles. The lowest BCUT2D eigenvalue weighted by Gasteiger charge is -2.11. The minimum atomic E-state index is -0.708. The summed E-state index contributed by atoms with van der Waals surface area (Å²) in [7, 11) is 3.44. The Kier molecular flexibility index (Phi) is 5.08. The molecular weight excluding hydrogens is 268 g/mol. The Morgan fingerprint density at radius 3 is 2.90 bits per heavy atom. The number of carbonyl (C=O) groups is 1. The standard InChI is InChI=1S/C15H20N4O2/c1-19-9-13(8-18-19)14(16)15(20)17-7-11-4-3-5-12(6-11)10-21-2/h3-6,8-9,14H,7,10,16H2,1-2H3,(H,17,20). The van der Waals surface area contributed by atoms with Crippen molar-refractivity contribution in [2.45, 2.75) is 19.2 Å². The summed E-state index contributed by atoms with van der Waals surface area (Å²) in [6.07, 6.45) is 3.34. The molecule has 2 rings (SSSR count). The van der Waals surface area contributed by atoms with E-state index in [9.17, 15) is 4.79 Å². The van der Waals surface area contributed by atoms with E-state index in [1.54, 1.807) is 31.2 Å². The number of carbonyl (C=O) groups excluding carboxylic acids is 1. The fraction of sp³-hybridized carbons (Fsp3) is 0.333. The van der Waals surface area contributed by atoms with Crippen molar-refractivity contribution in [1.29, 1.82) is 0 Å². The van der Waals surface area contributed by atoms with E-state index in [0.29, 0.717) is 18.7 Å². The highest BCUT2D eigenvalue weighted by molar-refractivity contribution is 5.82. The van der Waals surface area contributed by atoms with E-state index in [1.165, 1.54) is 0 Å². The number of nitrogens with two attached hydrogens (primary N) is 1. The molecule has 1 heterocycles. The van der Waals surface area contributed by atoms with Crippen LogP contribution >= 0.6 is 0 Å². The van der Waals surface area contributed by atoms with Crippen LogP contribution in [0.25, 0.3) is 0 Å². The normalized spacial score (nSPS) is 12.1. The van der Waals surface area contributed by atoms with Crippen molar-refractivity contribution in [2.75, 3.05) is 7.11 Å². The molecule has 1 aromatic heterocycles. The Morgan fingerprint density at radius 1 is 1.48 bits per heavy atom. The molecule has 1 aromatic carbocycles. The third kappa shape index (κ3) is 4.14. The molecule has 2 aromatic rings. The van der Waals surface area contributed by atoms with E-state index >= 15 is 0 Å². The van der Waals surface area contributed by atoms with Crippen LogP contribution in [0.5, 0.6) is 0 Å². The molecule has 21 heavy (non-hydrogen) atoms. The number of amides is 1. The Hall–Kier alpha value is -2.18. The van der Waals surface area contributed by atoms with Crippen molar-refractivity contribution in [2.24, 2.45) is 12.8 Å². The zero-order valence-corrected chi connectivity index (χ0v) is 12.2. The van der Waals surface area contributed by atoms with Gasteiger partial charge in [0.25, 0.3) is 0 Å². The SMILES string of the molecule is COCc1cccc(CNC(=O)C(N)c2cnn(C)c2)c1. The molecule has 6 heteroatoms. The van der Waals surface area contributed by atoms with Gasteiger partial charge in [0.05, 0.1) is 12.8 Å². The highest BCUT2D eigenvalue weighted by atomic mass is 16.5. The Balaban J connectivity index is 1.93. The molecule has 6 nitrogen and oxygen atoms in total. The van der Waals surface area contributed by atoms with Gasteiger partial charge in [-0.25, -0.2) is 0 Å². The number of aromatic nitrogens is 2. The summed E-state index contributed by atoms with van der Waals surface area (Å²) in [5.41, 5.74) is 8.69. The minimum absolute atomic E-state index is 0.222. The molecule has 1 unspecified atom stereocenters. The number of ether oxygens (including phenoxy) is 1. The van der Waals surface area contributed by atoms with Crippen LogP contribution in [0.4, 0.5) is 0 Å². The van der Waals surface area contributed by atoms with Gasteiger partial charge in [0.15, 0.2) is 0 Å². The summed E-state index contributed by atoms with van der Waals surface area (Å²) in [4.78, 5) is 12.0. The maximum absolute atomic E-state index is 12.0. The molecule has 0 radical (unpaired) electrons. The highest BCUT2D eigenvalue weighted by Crippen LogP contribution is 2.10. The molecule has 1 atom stereocenters. The van der Waals surface area contributed by atoms with Crippen LogP contribution in [0, 0.1) is 0 Å². The van der Waals surface area contributed by atoms with E-state index in [-0.39, 0.29) is 5.91 Å². The van der Waals surface area contributed by atoms with Gasteiger partial charge in [0.1, 0.15) is 6.04 Å². The van der Waals surface area contributed by atoms with Gasteiger partial charge in [0.2, 0.25) is 5.91 Å². The lowest BCUT2D eigenvalue weighted by Crippen LogP contribution is -2.33. The number of hydrogen-bond acceptors (Lipinski definition) is 4. The lowest BCUT2D eigenvalue weighted by atomic mass is 10.1. The van der Waals surface area contributed by atoms with Crippen molar-refractivity contribution in [1.82, 2.24) is 15.1 Å². The van der Waals surface area contributed by atoms with Gasteiger partial charge < -0.3 is 15.8 Å². The number of methoxy groups -OCH3 is 1. The molecule has 0 fully saturated rings. The summed E-state index contributed by atoms with van der Waals surface area (Å²) in [6.45, 7) is 0.987. The quantitative estimate of drug-likeness (QED) is 0.827. The topological polar surface area (TPSA) is 82.2 Å². The number of nitrogens with zero attached hydrogens (tertiary/aromatic N) is 2. The van der Waals surface area contributed by atoms with Crippen molar-refractivity contribution in [3.05, 3.63) is 53.3 Å². The monoisotopic (exact) mass is 288 g/mol. The van der Waals surface area contributed by atoms with Crippen LogP contribution in [-0.4, -0.2) is 22.8 Å². The predicted molar refractivity (Wildman–Crippen MR) is 79.1 cm³/mol. The number of aryl methyl sites for hydroxylation is 1. The van der Waals surface area contributed by atoms with Crippen molar-refractivity contribution in [3.8, 4) is 0 Å². The molecule has 3 N–H and O–H groups in total. The number of rotatable bonds is 6. The van der Waals surface area contributed by atoms with Gasteiger partial charge in [-0.1, -0.05) is 24.3 Å². The van der Waals surface area contributed by atoms with Crippen molar-refractivity contribution >= 4 is 5.91 Å². The fourth-order valence-corrected chi connectivity index (χ4v) is 2.05. The average molecular weight is 288 g/mol. The second-order valence-corrected chi connectivity index (χ2v) is 4.90. The van der Waals surface area contributed by atoms with Crippen LogP contribution < -0.4 is 11.1 Å². The Morgan fingerprint density at radius 2 is 2.24 bits per heavy atom. The average Bonchev–Trinajstić information content (AvgIpc) is 2.91. The molecule has 0 aliphatic rings. The van der Waals surface area contributed by atoms with Crippen molar-refractivity contribution in [3.63, 3.8) is 0 Å². The third-order valence-electron chi connectivity index (χ3n) is 3.14. The number of hydrogen-bond donors (Lipinski definition) is 2. The van der Waals surface area contributed by atoms with Crippen LogP contribution in [0.3, 0.4) is 0 Å². The maximum Gasteiger partial charge on any atom is 0.241 e.